The van der Waals surface area contributed by atoms with Gasteiger partial charge in [-0.1, -0.05) is 115 Å². The van der Waals surface area contributed by atoms with Crippen molar-refractivity contribution >= 4 is 0 Å². The lowest BCUT2D eigenvalue weighted by Crippen LogP contribution is -2.47. The van der Waals surface area contributed by atoms with Gasteiger partial charge >= 0.3 is 0 Å². The summed E-state index contributed by atoms with van der Waals surface area (Å²) >= 11 is 0. The van der Waals surface area contributed by atoms with Crippen molar-refractivity contribution in [3.63, 3.8) is 0 Å². The first-order valence-electron chi connectivity index (χ1n) is 17.9. The Balaban J connectivity index is 1.10. The molecule has 6 aromatic carbocycles. The zero-order chi connectivity index (χ0) is 36.2. The molecular formula is C46H42F2O5. The first kappa shape index (κ1) is 36.2. The molecular weight excluding hydrogens is 670 g/mol. The average molecular weight is 713 g/mol. The summed E-state index contributed by atoms with van der Waals surface area (Å²) in [5.74, 6) is 0.492. The maximum absolute atomic E-state index is 16.0. The van der Waals surface area contributed by atoms with Gasteiger partial charge in [-0.15, -0.1) is 0 Å². The van der Waals surface area contributed by atoms with E-state index < -0.39 is 12.2 Å². The van der Waals surface area contributed by atoms with E-state index in [0.717, 1.165) is 22.3 Å². The molecule has 53 heavy (non-hydrogen) atoms. The topological polar surface area (TPSA) is 46.2 Å². The second-order valence-corrected chi connectivity index (χ2v) is 13.2. The average Bonchev–Trinajstić information content (AvgIpc) is 3.20. The third-order valence-corrected chi connectivity index (χ3v) is 9.28. The fourth-order valence-electron chi connectivity index (χ4n) is 6.51. The van der Waals surface area contributed by atoms with Crippen molar-refractivity contribution in [3.8, 4) is 11.5 Å². The van der Waals surface area contributed by atoms with Gasteiger partial charge in [-0.2, -0.15) is 0 Å². The minimum absolute atomic E-state index is 0.306. The molecule has 0 unspecified atom stereocenters. The molecule has 4 atom stereocenters. The molecule has 6 aromatic rings. The number of rotatable bonds is 15. The van der Waals surface area contributed by atoms with Gasteiger partial charge in [0, 0.05) is 12.8 Å². The summed E-state index contributed by atoms with van der Waals surface area (Å²) in [6.07, 6.45) is -0.825. The molecule has 0 aromatic heterocycles. The number of hydrogen-bond acceptors (Lipinski definition) is 5. The smallest absolute Gasteiger partial charge is 0.127 e. The molecule has 5 nitrogen and oxygen atoms in total. The molecule has 1 heterocycles. The number of ether oxygens (including phenoxy) is 5. The first-order valence-corrected chi connectivity index (χ1v) is 17.9. The molecule has 270 valence electrons. The van der Waals surface area contributed by atoms with Gasteiger partial charge in [0.05, 0.1) is 38.6 Å². The fourth-order valence-corrected chi connectivity index (χ4v) is 6.51. The van der Waals surface area contributed by atoms with Crippen LogP contribution in [0.3, 0.4) is 0 Å². The molecule has 0 saturated carbocycles. The summed E-state index contributed by atoms with van der Waals surface area (Å²) in [5, 5.41) is 0. The highest BCUT2D eigenvalue weighted by molar-refractivity contribution is 5.37. The Bertz CT molecular complexity index is 1990. The van der Waals surface area contributed by atoms with E-state index in [1.54, 1.807) is 18.2 Å². The van der Waals surface area contributed by atoms with Crippen LogP contribution in [-0.2, 0) is 45.2 Å². The van der Waals surface area contributed by atoms with Gasteiger partial charge < -0.3 is 23.7 Å². The minimum atomic E-state index is -0.606. The number of hydrogen-bond donors (Lipinski definition) is 0. The summed E-state index contributed by atoms with van der Waals surface area (Å²) in [6, 6.07) is 48.7. The van der Waals surface area contributed by atoms with Crippen molar-refractivity contribution in [1.29, 1.82) is 0 Å². The van der Waals surface area contributed by atoms with E-state index in [0.29, 0.717) is 61.9 Å². The van der Waals surface area contributed by atoms with Gasteiger partial charge in [0.25, 0.3) is 0 Å². The van der Waals surface area contributed by atoms with Crippen LogP contribution in [0.4, 0.5) is 8.78 Å². The molecule has 0 aliphatic carbocycles. The van der Waals surface area contributed by atoms with E-state index in [2.05, 4.69) is 0 Å². The fraction of sp³-hybridized carbons (Fsp3) is 0.217. The molecule has 1 saturated heterocycles. The molecule has 1 fully saturated rings. The van der Waals surface area contributed by atoms with Crippen molar-refractivity contribution in [2.24, 2.45) is 0 Å². The zero-order valence-corrected chi connectivity index (χ0v) is 29.4. The molecule has 0 N–H and O–H groups in total. The summed E-state index contributed by atoms with van der Waals surface area (Å²) in [7, 11) is 0. The monoisotopic (exact) mass is 712 g/mol. The highest BCUT2D eigenvalue weighted by Crippen LogP contribution is 2.37. The normalized spacial score (nSPS) is 18.5. The van der Waals surface area contributed by atoms with Gasteiger partial charge in [0.15, 0.2) is 0 Å². The van der Waals surface area contributed by atoms with Crippen LogP contribution >= 0.6 is 0 Å². The molecule has 0 amide bonds. The van der Waals surface area contributed by atoms with Gasteiger partial charge in [0.2, 0.25) is 0 Å². The van der Waals surface area contributed by atoms with E-state index >= 15 is 4.39 Å². The Morgan fingerprint density at radius 1 is 0.566 bits per heavy atom. The molecule has 1 aliphatic rings. The van der Waals surface area contributed by atoms with Crippen molar-refractivity contribution in [1.82, 2.24) is 0 Å². The molecule has 0 bridgehead atoms. The van der Waals surface area contributed by atoms with Gasteiger partial charge in [-0.25, -0.2) is 8.78 Å². The quantitative estimate of drug-likeness (QED) is 0.106. The summed E-state index contributed by atoms with van der Waals surface area (Å²) in [4.78, 5) is 0. The second kappa shape index (κ2) is 18.0. The SMILES string of the molecule is Fc1ccc(Oc2ccc(Cc3ccc([C@@H]4O[C@H](COCc5ccccc5)C[C@H](OCc5ccccc5)[C@@H]4OCc4ccccc4)cc3F)cc2)cc1. The molecule has 7 rings (SSSR count). The Hall–Kier alpha value is -5.18. The first-order chi connectivity index (χ1) is 26.1. The van der Waals surface area contributed by atoms with E-state index in [1.165, 1.54) is 12.1 Å². The largest absolute Gasteiger partial charge is 0.457 e. The molecule has 1 aliphatic heterocycles. The molecule has 0 spiro atoms. The Morgan fingerprint density at radius 2 is 1.13 bits per heavy atom. The van der Waals surface area contributed by atoms with Crippen LogP contribution in [0.1, 0.15) is 45.9 Å². The summed E-state index contributed by atoms with van der Waals surface area (Å²) in [6.45, 7) is 1.57. The number of halogens is 2. The van der Waals surface area contributed by atoms with Crippen LogP contribution in [0.5, 0.6) is 11.5 Å². The molecule has 7 heteroatoms. The van der Waals surface area contributed by atoms with E-state index in [9.17, 15) is 4.39 Å². The lowest BCUT2D eigenvalue weighted by atomic mass is 9.91. The van der Waals surface area contributed by atoms with Crippen molar-refractivity contribution < 1.29 is 32.5 Å². The Labute approximate surface area is 309 Å². The lowest BCUT2D eigenvalue weighted by molar-refractivity contribution is -0.219. The van der Waals surface area contributed by atoms with Crippen LogP contribution in [0.2, 0.25) is 0 Å². The van der Waals surface area contributed by atoms with Crippen LogP contribution in [-0.4, -0.2) is 24.9 Å². The van der Waals surface area contributed by atoms with E-state index in [4.69, 9.17) is 23.7 Å². The Kier molecular flexibility index (Phi) is 12.3. The van der Waals surface area contributed by atoms with Crippen LogP contribution in [0.25, 0.3) is 0 Å². The van der Waals surface area contributed by atoms with Crippen LogP contribution in [0.15, 0.2) is 158 Å². The zero-order valence-electron chi connectivity index (χ0n) is 29.4. The summed E-state index contributed by atoms with van der Waals surface area (Å²) in [5.41, 5.74) is 5.31. The minimum Gasteiger partial charge on any atom is -0.457 e. The molecule has 0 radical (unpaired) electrons. The van der Waals surface area contributed by atoms with Crippen molar-refractivity contribution in [3.05, 3.63) is 203 Å². The van der Waals surface area contributed by atoms with Crippen molar-refractivity contribution in [2.45, 2.75) is 57.1 Å². The maximum atomic E-state index is 16.0. The predicted octanol–water partition coefficient (Wildman–Crippen LogP) is 10.6. The third kappa shape index (κ3) is 10.2. The maximum Gasteiger partial charge on any atom is 0.127 e. The third-order valence-electron chi connectivity index (χ3n) is 9.28. The lowest BCUT2D eigenvalue weighted by Gasteiger charge is -2.42. The highest BCUT2D eigenvalue weighted by Gasteiger charge is 2.41. The van der Waals surface area contributed by atoms with Gasteiger partial charge in [0.1, 0.15) is 35.3 Å². The van der Waals surface area contributed by atoms with Crippen molar-refractivity contribution in [2.75, 3.05) is 6.61 Å². The van der Waals surface area contributed by atoms with Gasteiger partial charge in [-0.3, -0.25) is 0 Å². The van der Waals surface area contributed by atoms with Crippen LogP contribution < -0.4 is 4.74 Å². The second-order valence-electron chi connectivity index (χ2n) is 13.2. The highest BCUT2D eigenvalue weighted by atomic mass is 19.1. The standard InChI is InChI=1S/C46H42F2O5/c47-39-20-24-41(25-21-39)52-40-22-16-33(17-23-40)26-37-18-19-38(27-43(37)48)45-46(51-31-36-14-8-3-9-15-36)44(50-30-35-12-6-2-7-13-35)28-42(53-45)32-49-29-34-10-4-1-5-11-34/h1-25,27,42,44-46H,26,28-32H2/t42-,44-,45-,46-/m0/s1. The van der Waals surface area contributed by atoms with E-state index in [1.807, 2.05) is 127 Å². The number of benzene rings is 6. The predicted molar refractivity (Wildman–Crippen MR) is 200 cm³/mol. The van der Waals surface area contributed by atoms with Gasteiger partial charge in [-0.05, 0) is 75.8 Å². The van der Waals surface area contributed by atoms with Crippen LogP contribution in [0, 0.1) is 11.6 Å². The van der Waals surface area contributed by atoms with E-state index in [-0.39, 0.29) is 23.8 Å². The Morgan fingerprint density at radius 3 is 1.74 bits per heavy atom. The summed E-state index contributed by atoms with van der Waals surface area (Å²) < 4.78 is 61.3.